The van der Waals surface area contributed by atoms with Crippen LogP contribution in [0.4, 0.5) is 0 Å². The van der Waals surface area contributed by atoms with Gasteiger partial charge in [0.1, 0.15) is 0 Å². The summed E-state index contributed by atoms with van der Waals surface area (Å²) in [6.07, 6.45) is 4.78. The SMILES string of the molecule is Cc1cnccc1CCNC1=NCCN1C.I. The number of hydrogen-bond donors (Lipinski definition) is 1. The second kappa shape index (κ2) is 6.78. The number of aliphatic imine (C=N–C) groups is 1. The van der Waals surface area contributed by atoms with Gasteiger partial charge in [-0.3, -0.25) is 9.98 Å². The Bertz CT molecular complexity index is 392. The van der Waals surface area contributed by atoms with E-state index in [-0.39, 0.29) is 24.0 Å². The first-order valence-corrected chi connectivity index (χ1v) is 5.66. The quantitative estimate of drug-likeness (QED) is 0.843. The first kappa shape index (κ1) is 14.2. The van der Waals surface area contributed by atoms with Gasteiger partial charge in [0.05, 0.1) is 6.54 Å². The van der Waals surface area contributed by atoms with Crippen molar-refractivity contribution >= 4 is 29.9 Å². The van der Waals surface area contributed by atoms with Crippen molar-refractivity contribution in [3.63, 3.8) is 0 Å². The molecule has 0 aromatic carbocycles. The fraction of sp³-hybridized carbons (Fsp3) is 0.500. The lowest BCUT2D eigenvalue weighted by Gasteiger charge is -2.15. The predicted molar refractivity (Wildman–Crippen MR) is 81.0 cm³/mol. The van der Waals surface area contributed by atoms with Crippen LogP contribution in [0.2, 0.25) is 0 Å². The lowest BCUT2D eigenvalue weighted by atomic mass is 10.1. The number of halogens is 1. The summed E-state index contributed by atoms with van der Waals surface area (Å²) in [6.45, 7) is 4.96. The molecule has 1 aromatic heterocycles. The highest BCUT2D eigenvalue weighted by molar-refractivity contribution is 14.0. The molecule has 4 nitrogen and oxygen atoms in total. The third-order valence-corrected chi connectivity index (χ3v) is 2.87. The predicted octanol–water partition coefficient (Wildman–Crippen LogP) is 1.44. The normalized spacial score (nSPS) is 14.2. The van der Waals surface area contributed by atoms with Gasteiger partial charge in [-0.15, -0.1) is 24.0 Å². The zero-order valence-electron chi connectivity index (χ0n) is 10.3. The summed E-state index contributed by atoms with van der Waals surface area (Å²) in [5.74, 6) is 1.02. The Morgan fingerprint density at radius 2 is 2.29 bits per heavy atom. The fourth-order valence-electron chi connectivity index (χ4n) is 1.82. The van der Waals surface area contributed by atoms with Crippen molar-refractivity contribution in [3.05, 3.63) is 29.6 Å². The van der Waals surface area contributed by atoms with Crippen LogP contribution in [0.5, 0.6) is 0 Å². The monoisotopic (exact) mass is 346 g/mol. The van der Waals surface area contributed by atoms with Gasteiger partial charge in [0.2, 0.25) is 0 Å². The number of hydrogen-bond acceptors (Lipinski definition) is 4. The van der Waals surface area contributed by atoms with Crippen molar-refractivity contribution in [1.82, 2.24) is 15.2 Å². The summed E-state index contributed by atoms with van der Waals surface area (Å²) in [5.41, 5.74) is 2.61. The smallest absolute Gasteiger partial charge is 0.193 e. The third kappa shape index (κ3) is 3.83. The molecule has 2 rings (SSSR count). The van der Waals surface area contributed by atoms with E-state index < -0.39 is 0 Å². The molecule has 17 heavy (non-hydrogen) atoms. The Labute approximate surface area is 120 Å². The van der Waals surface area contributed by atoms with E-state index >= 15 is 0 Å². The maximum Gasteiger partial charge on any atom is 0.193 e. The van der Waals surface area contributed by atoms with E-state index in [2.05, 4.69) is 40.2 Å². The molecule has 0 bridgehead atoms. The van der Waals surface area contributed by atoms with Crippen LogP contribution in [0, 0.1) is 6.92 Å². The summed E-state index contributed by atoms with van der Waals surface area (Å²) in [7, 11) is 2.07. The zero-order valence-corrected chi connectivity index (χ0v) is 12.6. The summed E-state index contributed by atoms with van der Waals surface area (Å²) in [6, 6.07) is 2.08. The van der Waals surface area contributed by atoms with Crippen LogP contribution in [0.3, 0.4) is 0 Å². The van der Waals surface area contributed by atoms with Crippen LogP contribution in [0.1, 0.15) is 11.1 Å². The molecule has 0 amide bonds. The number of nitrogens with one attached hydrogen (secondary N) is 1. The van der Waals surface area contributed by atoms with Crippen molar-refractivity contribution < 1.29 is 0 Å². The molecule has 0 saturated carbocycles. The highest BCUT2D eigenvalue weighted by Crippen LogP contribution is 2.05. The molecule has 94 valence electrons. The molecule has 0 aliphatic carbocycles. The minimum atomic E-state index is 0. The second-order valence-electron chi connectivity index (χ2n) is 4.11. The van der Waals surface area contributed by atoms with Crippen molar-refractivity contribution in [2.24, 2.45) is 4.99 Å². The summed E-state index contributed by atoms with van der Waals surface area (Å²) in [5, 5.41) is 3.36. The molecule has 2 heterocycles. The van der Waals surface area contributed by atoms with E-state index in [0.717, 1.165) is 32.0 Å². The van der Waals surface area contributed by atoms with Gasteiger partial charge in [-0.2, -0.15) is 0 Å². The van der Waals surface area contributed by atoms with Gasteiger partial charge >= 0.3 is 0 Å². The third-order valence-electron chi connectivity index (χ3n) is 2.87. The van der Waals surface area contributed by atoms with Crippen molar-refractivity contribution in [1.29, 1.82) is 0 Å². The number of likely N-dealkylation sites (N-methyl/N-ethyl adjacent to an activating group) is 1. The topological polar surface area (TPSA) is 40.5 Å². The Hall–Kier alpha value is -0.850. The first-order valence-electron chi connectivity index (χ1n) is 5.66. The van der Waals surface area contributed by atoms with E-state index in [4.69, 9.17) is 0 Å². The molecule has 5 heteroatoms. The van der Waals surface area contributed by atoms with Gasteiger partial charge in [0.25, 0.3) is 0 Å². The molecule has 0 saturated heterocycles. The molecule has 0 spiro atoms. The summed E-state index contributed by atoms with van der Waals surface area (Å²) >= 11 is 0. The molecule has 1 N–H and O–H groups in total. The van der Waals surface area contributed by atoms with Crippen molar-refractivity contribution in [2.75, 3.05) is 26.7 Å². The minimum absolute atomic E-state index is 0. The van der Waals surface area contributed by atoms with Gasteiger partial charge < -0.3 is 10.2 Å². The average Bonchev–Trinajstić information content (AvgIpc) is 2.67. The number of aromatic nitrogens is 1. The number of pyridine rings is 1. The number of guanidine groups is 1. The number of rotatable bonds is 3. The van der Waals surface area contributed by atoms with E-state index in [0.29, 0.717) is 0 Å². The highest BCUT2D eigenvalue weighted by Gasteiger charge is 2.10. The summed E-state index contributed by atoms with van der Waals surface area (Å²) in [4.78, 5) is 10.6. The molecule has 1 aliphatic heterocycles. The molecule has 0 radical (unpaired) electrons. The molecule has 0 atom stereocenters. The number of nitrogens with zero attached hydrogens (tertiary/aromatic N) is 3. The second-order valence-corrected chi connectivity index (χ2v) is 4.11. The first-order chi connectivity index (χ1) is 7.77. The Morgan fingerprint density at radius 3 is 2.94 bits per heavy atom. The van der Waals surface area contributed by atoms with Crippen LogP contribution < -0.4 is 5.32 Å². The van der Waals surface area contributed by atoms with Gasteiger partial charge in [-0.25, -0.2) is 0 Å². The zero-order chi connectivity index (χ0) is 11.4. The molecule has 1 aromatic rings. The Morgan fingerprint density at radius 1 is 1.47 bits per heavy atom. The molecular weight excluding hydrogens is 327 g/mol. The number of aryl methyl sites for hydroxylation is 1. The van der Waals surface area contributed by atoms with E-state index in [9.17, 15) is 0 Å². The van der Waals surface area contributed by atoms with Crippen LogP contribution >= 0.6 is 24.0 Å². The molecular formula is C12H19IN4. The van der Waals surface area contributed by atoms with Crippen molar-refractivity contribution in [2.45, 2.75) is 13.3 Å². The fourth-order valence-corrected chi connectivity index (χ4v) is 1.82. The lowest BCUT2D eigenvalue weighted by Crippen LogP contribution is -2.36. The van der Waals surface area contributed by atoms with Gasteiger partial charge in [0, 0.05) is 32.5 Å². The maximum atomic E-state index is 4.39. The largest absolute Gasteiger partial charge is 0.356 e. The van der Waals surface area contributed by atoms with Crippen molar-refractivity contribution in [3.8, 4) is 0 Å². The summed E-state index contributed by atoms with van der Waals surface area (Å²) < 4.78 is 0. The minimum Gasteiger partial charge on any atom is -0.356 e. The van der Waals surface area contributed by atoms with Crippen LogP contribution in [-0.2, 0) is 6.42 Å². The van der Waals surface area contributed by atoms with Crippen LogP contribution in [0.25, 0.3) is 0 Å². The lowest BCUT2D eigenvalue weighted by molar-refractivity contribution is 0.534. The Kier molecular flexibility index (Phi) is 5.67. The van der Waals surface area contributed by atoms with Gasteiger partial charge in [0.15, 0.2) is 5.96 Å². The van der Waals surface area contributed by atoms with Gasteiger partial charge in [-0.1, -0.05) is 0 Å². The van der Waals surface area contributed by atoms with Gasteiger partial charge in [-0.05, 0) is 30.5 Å². The Balaban J connectivity index is 0.00000144. The van der Waals surface area contributed by atoms with E-state index in [1.807, 2.05) is 12.4 Å². The molecule has 0 fully saturated rings. The molecule has 0 unspecified atom stereocenters. The van der Waals surface area contributed by atoms with Crippen LogP contribution in [0.15, 0.2) is 23.5 Å². The van der Waals surface area contributed by atoms with Crippen LogP contribution in [-0.4, -0.2) is 42.5 Å². The molecule has 1 aliphatic rings. The average molecular weight is 346 g/mol. The standard InChI is InChI=1S/C12H18N4.HI/c1-10-9-13-5-3-11(10)4-6-14-12-15-7-8-16(12)2;/h3,5,9H,4,6-8H2,1-2H3,(H,14,15);1H. The van der Waals surface area contributed by atoms with E-state index in [1.54, 1.807) is 0 Å². The van der Waals surface area contributed by atoms with E-state index in [1.165, 1.54) is 11.1 Å². The highest BCUT2D eigenvalue weighted by atomic mass is 127. The maximum absolute atomic E-state index is 4.39.